The number of likely N-dealkylation sites (tertiary alicyclic amines) is 1. The number of nitrogen functional groups attached to an aromatic ring is 1. The molecule has 0 aliphatic carbocycles. The van der Waals surface area contributed by atoms with Crippen LogP contribution >= 0.6 is 0 Å². The summed E-state index contributed by atoms with van der Waals surface area (Å²) in [6.07, 6.45) is 3.30. The molecular weight excluding hydrogens is 354 g/mol. The van der Waals surface area contributed by atoms with Gasteiger partial charge < -0.3 is 21.3 Å². The van der Waals surface area contributed by atoms with E-state index in [0.717, 1.165) is 29.7 Å². The highest BCUT2D eigenvalue weighted by molar-refractivity contribution is 6.39. The molecule has 1 saturated heterocycles. The van der Waals surface area contributed by atoms with Gasteiger partial charge in [-0.05, 0) is 55.0 Å². The van der Waals surface area contributed by atoms with Gasteiger partial charge in [-0.15, -0.1) is 0 Å². The van der Waals surface area contributed by atoms with Gasteiger partial charge >= 0.3 is 11.8 Å². The highest BCUT2D eigenvalue weighted by Crippen LogP contribution is 2.34. The van der Waals surface area contributed by atoms with E-state index in [1.54, 1.807) is 17.9 Å². The summed E-state index contributed by atoms with van der Waals surface area (Å²) in [6, 6.07) is 9.57. The third-order valence-electron chi connectivity index (χ3n) is 5.21. The number of benzene rings is 1. The van der Waals surface area contributed by atoms with Crippen molar-refractivity contribution in [1.29, 1.82) is 0 Å². The summed E-state index contributed by atoms with van der Waals surface area (Å²) in [5.41, 5.74) is 8.94. The van der Waals surface area contributed by atoms with Crippen LogP contribution in [0.2, 0.25) is 0 Å². The number of carbonyl (C=O) groups is 2. The van der Waals surface area contributed by atoms with Crippen LogP contribution in [-0.4, -0.2) is 35.3 Å². The number of hydrogen-bond donors (Lipinski definition) is 3. The van der Waals surface area contributed by atoms with Gasteiger partial charge in [0.2, 0.25) is 0 Å². The monoisotopic (exact) mass is 381 g/mol. The van der Waals surface area contributed by atoms with E-state index in [1.165, 1.54) is 6.20 Å². The van der Waals surface area contributed by atoms with E-state index in [0.29, 0.717) is 24.0 Å². The number of piperidine rings is 1. The van der Waals surface area contributed by atoms with Crippen molar-refractivity contribution < 1.29 is 9.59 Å². The molecule has 1 aliphatic heterocycles. The zero-order valence-corrected chi connectivity index (χ0v) is 16.5. The topological polar surface area (TPSA) is 100 Å². The van der Waals surface area contributed by atoms with Crippen molar-refractivity contribution in [2.75, 3.05) is 30.0 Å². The van der Waals surface area contributed by atoms with E-state index >= 15 is 0 Å². The Morgan fingerprint density at radius 2 is 2.00 bits per heavy atom. The fourth-order valence-electron chi connectivity index (χ4n) is 3.59. The van der Waals surface area contributed by atoms with Gasteiger partial charge in [0.05, 0.1) is 17.9 Å². The summed E-state index contributed by atoms with van der Waals surface area (Å²) in [4.78, 5) is 31.4. The van der Waals surface area contributed by atoms with Crippen molar-refractivity contribution in [2.45, 2.75) is 32.7 Å². The first-order valence-corrected chi connectivity index (χ1v) is 9.50. The second-order valence-electron chi connectivity index (χ2n) is 7.41. The molecule has 0 bridgehead atoms. The molecular formula is C21H27N5O2. The minimum atomic E-state index is -0.658. The number of nitrogens with zero attached hydrogens (tertiary/aromatic N) is 2. The standard InChI is InChI=1S/C21H27N5O2/c1-13-7-8-18(15-5-4-6-16(10-15)23-3)26(12-13)21(28)20(27)25-17-9-14(2)19(22)24-11-17/h4-6,9-11,13,18,23H,7-8,12H2,1-3H3,(H2,22,24)(H,25,27)/t13-,18+/m1/s1. The summed E-state index contributed by atoms with van der Waals surface area (Å²) in [5, 5.41) is 5.78. The van der Waals surface area contributed by atoms with Gasteiger partial charge in [0.25, 0.3) is 0 Å². The van der Waals surface area contributed by atoms with Gasteiger partial charge in [-0.1, -0.05) is 19.1 Å². The van der Waals surface area contributed by atoms with Crippen LogP contribution in [0, 0.1) is 12.8 Å². The van der Waals surface area contributed by atoms with Crippen molar-refractivity contribution in [2.24, 2.45) is 5.92 Å². The zero-order chi connectivity index (χ0) is 20.3. The van der Waals surface area contributed by atoms with Crippen molar-refractivity contribution in [3.63, 3.8) is 0 Å². The van der Waals surface area contributed by atoms with Crippen LogP contribution in [0.15, 0.2) is 36.5 Å². The molecule has 28 heavy (non-hydrogen) atoms. The number of nitrogens with one attached hydrogen (secondary N) is 2. The van der Waals surface area contributed by atoms with Gasteiger partial charge in [0.1, 0.15) is 5.82 Å². The molecule has 1 fully saturated rings. The third kappa shape index (κ3) is 4.24. The molecule has 148 valence electrons. The second kappa shape index (κ2) is 8.29. The number of aryl methyl sites for hydroxylation is 1. The first-order valence-electron chi connectivity index (χ1n) is 9.50. The molecule has 2 aromatic rings. The van der Waals surface area contributed by atoms with E-state index < -0.39 is 11.8 Å². The third-order valence-corrected chi connectivity index (χ3v) is 5.21. The van der Waals surface area contributed by atoms with Gasteiger partial charge in [-0.2, -0.15) is 0 Å². The molecule has 7 heteroatoms. The summed E-state index contributed by atoms with van der Waals surface area (Å²) < 4.78 is 0. The fourth-order valence-corrected chi connectivity index (χ4v) is 3.59. The largest absolute Gasteiger partial charge is 0.388 e. The van der Waals surface area contributed by atoms with Crippen molar-refractivity contribution in [3.05, 3.63) is 47.7 Å². The van der Waals surface area contributed by atoms with E-state index in [4.69, 9.17) is 5.73 Å². The Labute approximate surface area is 165 Å². The lowest BCUT2D eigenvalue weighted by Crippen LogP contribution is -2.46. The number of aromatic nitrogens is 1. The Hall–Kier alpha value is -3.09. The maximum Gasteiger partial charge on any atom is 0.313 e. The van der Waals surface area contributed by atoms with Crippen molar-refractivity contribution in [1.82, 2.24) is 9.88 Å². The predicted molar refractivity (Wildman–Crippen MR) is 111 cm³/mol. The molecule has 1 aromatic carbocycles. The Bertz CT molecular complexity index is 883. The second-order valence-corrected chi connectivity index (χ2v) is 7.41. The van der Waals surface area contributed by atoms with E-state index in [1.807, 2.05) is 31.3 Å². The SMILES string of the molecule is CNc1cccc([C@@H]2CC[C@@H](C)CN2C(=O)C(=O)Nc2cnc(N)c(C)c2)c1. The number of nitrogens with two attached hydrogens (primary N) is 1. The number of hydrogen-bond acceptors (Lipinski definition) is 5. The molecule has 0 spiro atoms. The Morgan fingerprint density at radius 1 is 1.21 bits per heavy atom. The van der Waals surface area contributed by atoms with Crippen molar-refractivity contribution >= 4 is 29.0 Å². The number of rotatable bonds is 3. The molecule has 1 aromatic heterocycles. The first-order chi connectivity index (χ1) is 13.4. The van der Waals surface area contributed by atoms with Crippen LogP contribution in [0.5, 0.6) is 0 Å². The summed E-state index contributed by atoms with van der Waals surface area (Å²) in [7, 11) is 1.86. The summed E-state index contributed by atoms with van der Waals surface area (Å²) in [5.74, 6) is -0.435. The highest BCUT2D eigenvalue weighted by Gasteiger charge is 2.34. The Balaban J connectivity index is 1.81. The van der Waals surface area contributed by atoms with Gasteiger partial charge in [-0.25, -0.2) is 4.98 Å². The molecule has 2 atom stereocenters. The van der Waals surface area contributed by atoms with E-state index in [9.17, 15) is 9.59 Å². The van der Waals surface area contributed by atoms with Crippen LogP contribution in [0.1, 0.15) is 36.9 Å². The minimum Gasteiger partial charge on any atom is -0.388 e. The smallest absolute Gasteiger partial charge is 0.313 e. The zero-order valence-electron chi connectivity index (χ0n) is 16.5. The van der Waals surface area contributed by atoms with E-state index in [-0.39, 0.29) is 6.04 Å². The summed E-state index contributed by atoms with van der Waals surface area (Å²) in [6.45, 7) is 4.46. The van der Waals surface area contributed by atoms with Crippen molar-refractivity contribution in [3.8, 4) is 0 Å². The van der Waals surface area contributed by atoms with Crippen LogP contribution < -0.4 is 16.4 Å². The number of pyridine rings is 1. The molecule has 0 saturated carbocycles. The lowest BCUT2D eigenvalue weighted by atomic mass is 9.89. The van der Waals surface area contributed by atoms with Gasteiger partial charge in [-0.3, -0.25) is 9.59 Å². The normalized spacial score (nSPS) is 19.2. The number of carbonyl (C=O) groups excluding carboxylic acids is 2. The first kappa shape index (κ1) is 19.7. The van der Waals surface area contributed by atoms with Crippen LogP contribution in [0.4, 0.5) is 17.2 Å². The fraction of sp³-hybridized carbons (Fsp3) is 0.381. The molecule has 4 N–H and O–H groups in total. The average Bonchev–Trinajstić information content (AvgIpc) is 2.70. The molecule has 0 unspecified atom stereocenters. The molecule has 2 amide bonds. The minimum absolute atomic E-state index is 0.117. The summed E-state index contributed by atoms with van der Waals surface area (Å²) >= 11 is 0. The lowest BCUT2D eigenvalue weighted by molar-refractivity contribution is -0.146. The van der Waals surface area contributed by atoms with Crippen LogP contribution in [0.3, 0.4) is 0 Å². The molecule has 1 aliphatic rings. The Kier molecular flexibility index (Phi) is 5.82. The van der Waals surface area contributed by atoms with Crippen LogP contribution in [0.25, 0.3) is 0 Å². The molecule has 2 heterocycles. The molecule has 0 radical (unpaired) electrons. The number of amides is 2. The molecule has 3 rings (SSSR count). The maximum atomic E-state index is 13.0. The number of anilines is 3. The lowest BCUT2D eigenvalue weighted by Gasteiger charge is -2.38. The van der Waals surface area contributed by atoms with Gasteiger partial charge in [0.15, 0.2) is 0 Å². The maximum absolute atomic E-state index is 13.0. The Morgan fingerprint density at radius 3 is 2.71 bits per heavy atom. The molecule has 7 nitrogen and oxygen atoms in total. The quantitative estimate of drug-likeness (QED) is 0.710. The predicted octanol–water partition coefficient (Wildman–Crippen LogP) is 2.95. The highest BCUT2D eigenvalue weighted by atomic mass is 16.2. The van der Waals surface area contributed by atoms with E-state index in [2.05, 4.69) is 22.5 Å². The van der Waals surface area contributed by atoms with Gasteiger partial charge in [0, 0.05) is 19.3 Å². The van der Waals surface area contributed by atoms with Crippen LogP contribution in [-0.2, 0) is 9.59 Å². The average molecular weight is 381 g/mol.